The number of sulfonamides is 1. The van der Waals surface area contributed by atoms with E-state index in [4.69, 9.17) is 4.74 Å². The first-order valence-electron chi connectivity index (χ1n) is 10.3. The number of rotatable bonds is 7. The number of halogens is 1. The Morgan fingerprint density at radius 2 is 1.75 bits per heavy atom. The number of aromatic nitrogens is 1. The summed E-state index contributed by atoms with van der Waals surface area (Å²) < 4.78 is 32.1. The number of pyridine rings is 1. The van der Waals surface area contributed by atoms with E-state index in [1.54, 1.807) is 58.4 Å². The highest BCUT2D eigenvalue weighted by Crippen LogP contribution is 2.28. The lowest BCUT2D eigenvalue weighted by Gasteiger charge is -2.36. The first-order valence-corrected chi connectivity index (χ1v) is 11.8. The number of carbonyl (C=O) groups excluding carboxylic acids is 1. The number of esters is 1. The van der Waals surface area contributed by atoms with Gasteiger partial charge in [0, 0.05) is 53.0 Å². The van der Waals surface area contributed by atoms with Crippen LogP contribution < -0.4 is 9.64 Å². The van der Waals surface area contributed by atoms with Crippen LogP contribution in [0.25, 0.3) is 0 Å². The molecular formula is C22H31ClN4O4S. The van der Waals surface area contributed by atoms with Gasteiger partial charge in [-0.05, 0) is 23.8 Å². The van der Waals surface area contributed by atoms with Crippen LogP contribution in [0.3, 0.4) is 0 Å². The summed E-state index contributed by atoms with van der Waals surface area (Å²) in [6.45, 7) is 7.03. The number of ether oxygens (including phenoxy) is 1. The average Bonchev–Trinajstić information content (AvgIpc) is 2.75. The minimum atomic E-state index is -3.50. The van der Waals surface area contributed by atoms with E-state index in [0.717, 1.165) is 18.7 Å². The first-order chi connectivity index (χ1) is 14.7. The Bertz CT molecular complexity index is 1020. The molecule has 1 aliphatic rings. The largest absolute Gasteiger partial charge is 0.422 e. The topological polar surface area (TPSA) is 83.0 Å². The third kappa shape index (κ3) is 5.98. The van der Waals surface area contributed by atoms with Crippen LogP contribution in [0.1, 0.15) is 19.4 Å². The summed E-state index contributed by atoms with van der Waals surface area (Å²) in [6.07, 6.45) is 1.69. The van der Waals surface area contributed by atoms with E-state index in [0.29, 0.717) is 36.1 Å². The van der Waals surface area contributed by atoms with Crippen molar-refractivity contribution in [3.63, 3.8) is 0 Å². The molecule has 0 bridgehead atoms. The normalized spacial score (nSPS) is 15.0. The van der Waals surface area contributed by atoms with E-state index in [-0.39, 0.29) is 24.3 Å². The number of carbonyl (C=O) groups is 1. The Kier molecular flexibility index (Phi) is 9.03. The minimum absolute atomic E-state index is 0. The van der Waals surface area contributed by atoms with Crippen LogP contribution in [0.4, 0.5) is 5.82 Å². The van der Waals surface area contributed by atoms with Gasteiger partial charge >= 0.3 is 5.97 Å². The van der Waals surface area contributed by atoms with Crippen molar-refractivity contribution < 1.29 is 17.9 Å². The third-order valence-corrected chi connectivity index (χ3v) is 7.15. The number of hydrogen-bond donors (Lipinski definition) is 0. The Hall–Kier alpha value is -2.20. The number of anilines is 1. The molecule has 0 saturated carbocycles. The molecule has 2 heterocycles. The molecular weight excluding hydrogens is 452 g/mol. The molecule has 0 atom stereocenters. The molecule has 0 amide bonds. The fourth-order valence-corrected chi connectivity index (χ4v) is 4.47. The van der Waals surface area contributed by atoms with E-state index in [1.807, 2.05) is 12.1 Å². The maximum absolute atomic E-state index is 12.7. The van der Waals surface area contributed by atoms with Gasteiger partial charge in [0.15, 0.2) is 11.6 Å². The molecule has 1 saturated heterocycles. The zero-order valence-electron chi connectivity index (χ0n) is 18.9. The van der Waals surface area contributed by atoms with Crippen molar-refractivity contribution in [2.24, 2.45) is 5.92 Å². The zero-order valence-corrected chi connectivity index (χ0v) is 20.5. The van der Waals surface area contributed by atoms with Gasteiger partial charge in [-0.15, -0.1) is 12.4 Å². The van der Waals surface area contributed by atoms with Gasteiger partial charge in [-0.3, -0.25) is 9.69 Å². The van der Waals surface area contributed by atoms with Gasteiger partial charge in [0.1, 0.15) is 0 Å². The SMILES string of the molecule is CC(C)C(=O)Oc1cccnc1N1CCN(Cc2ccccc2S(=O)(=O)N(C)C)CC1.Cl. The fraction of sp³-hybridized carbons (Fsp3) is 0.455. The van der Waals surface area contributed by atoms with E-state index in [2.05, 4.69) is 14.8 Å². The summed E-state index contributed by atoms with van der Waals surface area (Å²) in [6, 6.07) is 10.7. The monoisotopic (exact) mass is 482 g/mol. The van der Waals surface area contributed by atoms with Crippen molar-refractivity contribution in [2.75, 3.05) is 45.2 Å². The van der Waals surface area contributed by atoms with Crippen molar-refractivity contribution >= 4 is 34.2 Å². The first kappa shape index (κ1) is 26.1. The van der Waals surface area contributed by atoms with Gasteiger partial charge in [-0.2, -0.15) is 0 Å². The van der Waals surface area contributed by atoms with Crippen molar-refractivity contribution in [3.05, 3.63) is 48.2 Å². The quantitative estimate of drug-likeness (QED) is 0.561. The minimum Gasteiger partial charge on any atom is -0.422 e. The smallest absolute Gasteiger partial charge is 0.313 e. The Labute approximate surface area is 196 Å². The van der Waals surface area contributed by atoms with E-state index in [9.17, 15) is 13.2 Å². The molecule has 0 unspecified atom stereocenters. The summed E-state index contributed by atoms with van der Waals surface area (Å²) in [5.74, 6) is 0.624. The molecule has 3 rings (SSSR count). The number of hydrogen-bond acceptors (Lipinski definition) is 7. The van der Waals surface area contributed by atoms with E-state index in [1.165, 1.54) is 4.31 Å². The summed E-state index contributed by atoms with van der Waals surface area (Å²) in [7, 11) is -0.412. The van der Waals surface area contributed by atoms with Crippen molar-refractivity contribution in [1.29, 1.82) is 0 Å². The molecule has 1 aliphatic heterocycles. The second kappa shape index (κ2) is 11.1. The summed E-state index contributed by atoms with van der Waals surface area (Å²) >= 11 is 0. The van der Waals surface area contributed by atoms with Gasteiger partial charge in [0.25, 0.3) is 0 Å². The predicted molar refractivity (Wildman–Crippen MR) is 127 cm³/mol. The maximum atomic E-state index is 12.7. The highest BCUT2D eigenvalue weighted by Gasteiger charge is 2.25. The second-order valence-corrected chi connectivity index (χ2v) is 10.2. The van der Waals surface area contributed by atoms with Crippen LogP contribution in [-0.4, -0.2) is 68.9 Å². The lowest BCUT2D eigenvalue weighted by Crippen LogP contribution is -2.46. The molecule has 2 aromatic rings. The molecule has 1 aromatic carbocycles. The molecule has 0 aliphatic carbocycles. The molecule has 8 nitrogen and oxygen atoms in total. The molecule has 1 aromatic heterocycles. The van der Waals surface area contributed by atoms with Crippen molar-refractivity contribution in [1.82, 2.24) is 14.2 Å². The summed E-state index contributed by atoms with van der Waals surface area (Å²) in [5, 5.41) is 0. The van der Waals surface area contributed by atoms with Crippen LogP contribution in [0, 0.1) is 5.92 Å². The van der Waals surface area contributed by atoms with Crippen LogP contribution in [0.15, 0.2) is 47.5 Å². The Morgan fingerprint density at radius 1 is 1.09 bits per heavy atom. The lowest BCUT2D eigenvalue weighted by atomic mass is 10.2. The highest BCUT2D eigenvalue weighted by atomic mass is 35.5. The third-order valence-electron chi connectivity index (χ3n) is 5.23. The van der Waals surface area contributed by atoms with Crippen LogP contribution in [-0.2, 0) is 21.4 Å². The Morgan fingerprint density at radius 3 is 2.38 bits per heavy atom. The molecule has 176 valence electrons. The lowest BCUT2D eigenvalue weighted by molar-refractivity contribution is -0.137. The Balaban J connectivity index is 0.00000363. The van der Waals surface area contributed by atoms with Gasteiger partial charge in [-0.1, -0.05) is 32.0 Å². The van der Waals surface area contributed by atoms with Crippen molar-refractivity contribution in [3.8, 4) is 5.75 Å². The highest BCUT2D eigenvalue weighted by molar-refractivity contribution is 7.89. The molecule has 0 spiro atoms. The van der Waals surface area contributed by atoms with Crippen LogP contribution in [0.2, 0.25) is 0 Å². The summed E-state index contributed by atoms with van der Waals surface area (Å²) in [5.41, 5.74) is 0.786. The summed E-state index contributed by atoms with van der Waals surface area (Å²) in [4.78, 5) is 21.1. The molecule has 0 radical (unpaired) electrons. The van der Waals surface area contributed by atoms with Gasteiger partial charge in [0.2, 0.25) is 10.0 Å². The maximum Gasteiger partial charge on any atom is 0.313 e. The zero-order chi connectivity index (χ0) is 22.6. The van der Waals surface area contributed by atoms with Crippen LogP contribution in [0.5, 0.6) is 5.75 Å². The molecule has 32 heavy (non-hydrogen) atoms. The van der Waals surface area contributed by atoms with E-state index < -0.39 is 10.0 Å². The second-order valence-electron chi connectivity index (χ2n) is 8.06. The fourth-order valence-electron chi connectivity index (χ4n) is 3.37. The number of piperazine rings is 1. The average molecular weight is 483 g/mol. The van der Waals surface area contributed by atoms with E-state index >= 15 is 0 Å². The molecule has 1 fully saturated rings. The molecule has 0 N–H and O–H groups in total. The van der Waals surface area contributed by atoms with Crippen LogP contribution >= 0.6 is 12.4 Å². The molecule has 10 heteroatoms. The predicted octanol–water partition coefficient (Wildman–Crippen LogP) is 2.64. The van der Waals surface area contributed by atoms with Gasteiger partial charge < -0.3 is 9.64 Å². The van der Waals surface area contributed by atoms with Gasteiger partial charge in [0.05, 0.1) is 10.8 Å². The van der Waals surface area contributed by atoms with Gasteiger partial charge in [-0.25, -0.2) is 17.7 Å². The number of nitrogens with zero attached hydrogens (tertiary/aromatic N) is 4. The standard InChI is InChI=1S/C22H30N4O4S.ClH/c1-17(2)22(27)30-19-9-7-11-23-21(19)26-14-12-25(13-15-26)16-18-8-5-6-10-20(18)31(28,29)24(3)4;/h5-11,17H,12-16H2,1-4H3;1H. The van der Waals surface area contributed by atoms with Crippen molar-refractivity contribution in [2.45, 2.75) is 25.3 Å². The number of benzene rings is 1.